The van der Waals surface area contributed by atoms with E-state index in [9.17, 15) is 0 Å². The SMILES string of the molecule is C=C/C(=C\NC)c1cnc(N)c(Br)c1. The number of allylic oxidation sites excluding steroid dienone is 2. The molecule has 1 aromatic rings. The smallest absolute Gasteiger partial charge is 0.137 e. The van der Waals surface area contributed by atoms with E-state index in [4.69, 9.17) is 5.73 Å². The molecule has 0 aliphatic heterocycles. The van der Waals surface area contributed by atoms with Crippen molar-refractivity contribution in [2.75, 3.05) is 12.8 Å². The monoisotopic (exact) mass is 253 g/mol. The number of nitrogen functional groups attached to an aromatic ring is 1. The first-order chi connectivity index (χ1) is 6.69. The van der Waals surface area contributed by atoms with E-state index in [1.54, 1.807) is 12.3 Å². The summed E-state index contributed by atoms with van der Waals surface area (Å²) in [4.78, 5) is 4.04. The number of hydrogen-bond acceptors (Lipinski definition) is 3. The molecule has 1 heterocycles. The molecule has 0 aliphatic carbocycles. The topological polar surface area (TPSA) is 50.9 Å². The molecule has 0 bridgehead atoms. The molecule has 0 fully saturated rings. The number of halogens is 1. The van der Waals surface area contributed by atoms with Gasteiger partial charge >= 0.3 is 0 Å². The van der Waals surface area contributed by atoms with Crippen LogP contribution in [0.5, 0.6) is 0 Å². The molecule has 1 rings (SSSR count). The summed E-state index contributed by atoms with van der Waals surface area (Å²) in [6.45, 7) is 3.73. The van der Waals surface area contributed by atoms with E-state index in [1.165, 1.54) is 0 Å². The van der Waals surface area contributed by atoms with Crippen LogP contribution in [0.4, 0.5) is 5.82 Å². The van der Waals surface area contributed by atoms with Gasteiger partial charge in [-0.3, -0.25) is 0 Å². The van der Waals surface area contributed by atoms with E-state index in [1.807, 2.05) is 19.3 Å². The van der Waals surface area contributed by atoms with E-state index < -0.39 is 0 Å². The van der Waals surface area contributed by atoms with Crippen molar-refractivity contribution in [1.82, 2.24) is 10.3 Å². The number of pyridine rings is 1. The summed E-state index contributed by atoms with van der Waals surface area (Å²) in [5.74, 6) is 0.488. The highest BCUT2D eigenvalue weighted by atomic mass is 79.9. The number of nitrogens with one attached hydrogen (secondary N) is 1. The van der Waals surface area contributed by atoms with Crippen LogP contribution in [0.2, 0.25) is 0 Å². The number of nitrogens with two attached hydrogens (primary N) is 1. The van der Waals surface area contributed by atoms with Gasteiger partial charge in [-0.05, 0) is 27.6 Å². The van der Waals surface area contributed by atoms with Crippen molar-refractivity contribution >= 4 is 27.3 Å². The van der Waals surface area contributed by atoms with Crippen molar-refractivity contribution < 1.29 is 0 Å². The standard InChI is InChI=1S/C10H12BrN3/c1-3-7(5-13-2)8-4-9(11)10(12)14-6-8/h3-6,13H,1H2,2H3,(H2,12,14)/b7-5+. The van der Waals surface area contributed by atoms with Gasteiger partial charge in [-0.15, -0.1) is 0 Å². The van der Waals surface area contributed by atoms with Gasteiger partial charge in [0, 0.05) is 25.0 Å². The van der Waals surface area contributed by atoms with E-state index in [0.717, 1.165) is 15.6 Å². The first-order valence-corrected chi connectivity index (χ1v) is 4.89. The lowest BCUT2D eigenvalue weighted by molar-refractivity contribution is 1.11. The molecule has 0 aromatic carbocycles. The average molecular weight is 254 g/mol. The molecular formula is C10H12BrN3. The van der Waals surface area contributed by atoms with Crippen LogP contribution in [-0.2, 0) is 0 Å². The summed E-state index contributed by atoms with van der Waals surface area (Å²) in [6.07, 6.45) is 5.33. The molecule has 0 unspecified atom stereocenters. The summed E-state index contributed by atoms with van der Waals surface area (Å²) in [5.41, 5.74) is 7.53. The average Bonchev–Trinajstić information content (AvgIpc) is 2.19. The van der Waals surface area contributed by atoms with Gasteiger partial charge in [0.05, 0.1) is 4.47 Å². The van der Waals surface area contributed by atoms with Gasteiger partial charge in [0.1, 0.15) is 5.82 Å². The molecule has 0 spiro atoms. The summed E-state index contributed by atoms with van der Waals surface area (Å²) in [7, 11) is 1.84. The van der Waals surface area contributed by atoms with E-state index in [0.29, 0.717) is 5.82 Å². The highest BCUT2D eigenvalue weighted by Crippen LogP contribution is 2.22. The molecule has 0 aliphatic rings. The van der Waals surface area contributed by atoms with Gasteiger partial charge < -0.3 is 11.1 Å². The molecule has 3 nitrogen and oxygen atoms in total. The lowest BCUT2D eigenvalue weighted by atomic mass is 10.1. The zero-order valence-electron chi connectivity index (χ0n) is 7.92. The maximum atomic E-state index is 5.59. The third-order valence-corrected chi connectivity index (χ3v) is 2.36. The van der Waals surface area contributed by atoms with Crippen LogP contribution >= 0.6 is 15.9 Å². The highest BCUT2D eigenvalue weighted by molar-refractivity contribution is 9.10. The minimum atomic E-state index is 0.488. The molecule has 4 heteroatoms. The zero-order chi connectivity index (χ0) is 10.6. The fraction of sp³-hybridized carbons (Fsp3) is 0.100. The third-order valence-electron chi connectivity index (χ3n) is 1.72. The van der Waals surface area contributed by atoms with E-state index in [2.05, 4.69) is 32.8 Å². The Balaban J connectivity index is 3.12. The minimum absolute atomic E-state index is 0.488. The van der Waals surface area contributed by atoms with Crippen molar-refractivity contribution in [3.63, 3.8) is 0 Å². The molecule has 0 saturated heterocycles. The summed E-state index contributed by atoms with van der Waals surface area (Å²) < 4.78 is 0.791. The van der Waals surface area contributed by atoms with Crippen LogP contribution < -0.4 is 11.1 Å². The fourth-order valence-electron chi connectivity index (χ4n) is 1.02. The molecule has 0 radical (unpaired) electrons. The van der Waals surface area contributed by atoms with Crippen molar-refractivity contribution in [2.24, 2.45) is 0 Å². The van der Waals surface area contributed by atoms with Crippen LogP contribution in [0.25, 0.3) is 5.57 Å². The van der Waals surface area contributed by atoms with Crippen LogP contribution in [0, 0.1) is 0 Å². The van der Waals surface area contributed by atoms with Crippen molar-refractivity contribution in [3.05, 3.63) is 41.2 Å². The molecule has 3 N–H and O–H groups in total. The molecule has 14 heavy (non-hydrogen) atoms. The Morgan fingerprint density at radius 2 is 2.43 bits per heavy atom. The van der Waals surface area contributed by atoms with Gasteiger partial charge in [0.2, 0.25) is 0 Å². The Morgan fingerprint density at radius 1 is 1.71 bits per heavy atom. The second kappa shape index (κ2) is 4.81. The van der Waals surface area contributed by atoms with Crippen LogP contribution in [0.15, 0.2) is 35.6 Å². The first-order valence-electron chi connectivity index (χ1n) is 4.10. The van der Waals surface area contributed by atoms with Gasteiger partial charge in [0.25, 0.3) is 0 Å². The molecule has 74 valence electrons. The Morgan fingerprint density at radius 3 is 2.93 bits per heavy atom. The van der Waals surface area contributed by atoms with Crippen LogP contribution in [0.3, 0.4) is 0 Å². The molecule has 0 atom stereocenters. The fourth-order valence-corrected chi connectivity index (χ4v) is 1.37. The molecule has 0 amide bonds. The van der Waals surface area contributed by atoms with Gasteiger partial charge in [-0.25, -0.2) is 4.98 Å². The van der Waals surface area contributed by atoms with Crippen LogP contribution in [0.1, 0.15) is 5.56 Å². The van der Waals surface area contributed by atoms with Crippen molar-refractivity contribution in [3.8, 4) is 0 Å². The molecule has 0 saturated carbocycles. The van der Waals surface area contributed by atoms with E-state index >= 15 is 0 Å². The minimum Gasteiger partial charge on any atom is -0.393 e. The maximum absolute atomic E-state index is 5.59. The third kappa shape index (κ3) is 2.35. The number of nitrogens with zero attached hydrogens (tertiary/aromatic N) is 1. The van der Waals surface area contributed by atoms with E-state index in [-0.39, 0.29) is 0 Å². The number of anilines is 1. The Kier molecular flexibility index (Phi) is 3.71. The highest BCUT2D eigenvalue weighted by Gasteiger charge is 2.01. The lowest BCUT2D eigenvalue weighted by Gasteiger charge is -2.04. The largest absolute Gasteiger partial charge is 0.393 e. The number of rotatable bonds is 3. The normalized spacial score (nSPS) is 11.1. The Labute approximate surface area is 91.9 Å². The van der Waals surface area contributed by atoms with Crippen molar-refractivity contribution in [2.45, 2.75) is 0 Å². The zero-order valence-corrected chi connectivity index (χ0v) is 9.51. The molecular weight excluding hydrogens is 242 g/mol. The maximum Gasteiger partial charge on any atom is 0.137 e. The predicted molar refractivity (Wildman–Crippen MR) is 63.6 cm³/mol. The van der Waals surface area contributed by atoms with Gasteiger partial charge in [0.15, 0.2) is 0 Å². The molecule has 1 aromatic heterocycles. The summed E-state index contributed by atoms with van der Waals surface area (Å²) in [6, 6.07) is 1.91. The first kappa shape index (κ1) is 10.8. The second-order valence-electron chi connectivity index (χ2n) is 2.68. The Hall–Kier alpha value is -1.29. The van der Waals surface area contributed by atoms with Crippen molar-refractivity contribution in [1.29, 1.82) is 0 Å². The Bertz CT molecular complexity index is 372. The lowest BCUT2D eigenvalue weighted by Crippen LogP contribution is -1.97. The van der Waals surface area contributed by atoms with Crippen LogP contribution in [-0.4, -0.2) is 12.0 Å². The second-order valence-corrected chi connectivity index (χ2v) is 3.54. The number of hydrogen-bond donors (Lipinski definition) is 2. The quantitative estimate of drug-likeness (QED) is 0.813. The summed E-state index contributed by atoms with van der Waals surface area (Å²) >= 11 is 3.33. The summed E-state index contributed by atoms with van der Waals surface area (Å²) in [5, 5.41) is 2.94. The van der Waals surface area contributed by atoms with Gasteiger partial charge in [-0.2, -0.15) is 0 Å². The van der Waals surface area contributed by atoms with Gasteiger partial charge in [-0.1, -0.05) is 12.7 Å². The number of aromatic nitrogens is 1. The predicted octanol–water partition coefficient (Wildman–Crippen LogP) is 2.17.